The van der Waals surface area contributed by atoms with Crippen LogP contribution in [0.15, 0.2) is 11.6 Å². The lowest BCUT2D eigenvalue weighted by Crippen LogP contribution is -2.37. The number of thiazole rings is 1. The van der Waals surface area contributed by atoms with Crippen LogP contribution in [-0.2, 0) is 4.79 Å². The molecule has 0 aromatic carbocycles. The molecule has 0 bridgehead atoms. The van der Waals surface area contributed by atoms with E-state index in [4.69, 9.17) is 5.11 Å². The maximum Gasteiger partial charge on any atom is 0.315 e. The number of aliphatic carboxylic acids is 1. The summed E-state index contributed by atoms with van der Waals surface area (Å²) in [6.07, 6.45) is 3.29. The molecule has 3 N–H and O–H groups in total. The minimum absolute atomic E-state index is 0.112. The molecule has 1 heterocycles. The number of hydrogen-bond acceptors (Lipinski definition) is 4. The van der Waals surface area contributed by atoms with Crippen LogP contribution in [0.1, 0.15) is 44.2 Å². The van der Waals surface area contributed by atoms with Gasteiger partial charge in [0.2, 0.25) is 0 Å². The number of carboxylic acids is 1. The van der Waals surface area contributed by atoms with Gasteiger partial charge in [-0.1, -0.05) is 6.92 Å². The second-order valence-corrected chi connectivity index (χ2v) is 5.74. The maximum absolute atomic E-state index is 11.7. The van der Waals surface area contributed by atoms with Gasteiger partial charge in [-0.3, -0.25) is 4.79 Å². The summed E-state index contributed by atoms with van der Waals surface area (Å²) in [5.74, 6) is -0.498. The molecule has 0 saturated carbocycles. The Bertz CT molecular complexity index is 423. The van der Waals surface area contributed by atoms with Crippen molar-refractivity contribution in [3.05, 3.63) is 16.6 Å². The lowest BCUT2D eigenvalue weighted by Gasteiger charge is -2.14. The highest BCUT2D eigenvalue weighted by molar-refractivity contribution is 7.09. The quantitative estimate of drug-likeness (QED) is 0.687. The fourth-order valence-corrected chi connectivity index (χ4v) is 2.35. The van der Waals surface area contributed by atoms with Crippen LogP contribution >= 0.6 is 11.3 Å². The van der Waals surface area contributed by atoms with Gasteiger partial charge in [0.15, 0.2) is 0 Å². The molecule has 7 heteroatoms. The summed E-state index contributed by atoms with van der Waals surface area (Å²) < 4.78 is 0. The van der Waals surface area contributed by atoms with Gasteiger partial charge in [-0.15, -0.1) is 11.3 Å². The van der Waals surface area contributed by atoms with Crippen molar-refractivity contribution in [2.45, 2.75) is 39.2 Å². The van der Waals surface area contributed by atoms with E-state index in [1.165, 1.54) is 11.3 Å². The Balaban J connectivity index is 2.15. The summed E-state index contributed by atoms with van der Waals surface area (Å²) in [5.41, 5.74) is 0. The molecule has 2 atom stereocenters. The summed E-state index contributed by atoms with van der Waals surface area (Å²) in [4.78, 5) is 26.2. The minimum atomic E-state index is -0.778. The molecule has 0 aliphatic rings. The molecule has 2 unspecified atom stereocenters. The number of nitrogens with one attached hydrogen (secondary N) is 2. The fraction of sp³-hybridized carbons (Fsp3) is 0.615. The molecule has 0 saturated heterocycles. The Morgan fingerprint density at radius 2 is 2.15 bits per heavy atom. The predicted octanol–water partition coefficient (Wildman–Crippen LogP) is 2.39. The zero-order chi connectivity index (χ0) is 15.0. The normalized spacial score (nSPS) is 13.5. The van der Waals surface area contributed by atoms with Gasteiger partial charge in [-0.25, -0.2) is 9.78 Å². The Hall–Kier alpha value is -1.63. The van der Waals surface area contributed by atoms with Gasteiger partial charge in [-0.2, -0.15) is 0 Å². The molecule has 20 heavy (non-hydrogen) atoms. The van der Waals surface area contributed by atoms with Crippen LogP contribution in [0.4, 0.5) is 4.79 Å². The van der Waals surface area contributed by atoms with E-state index >= 15 is 0 Å². The molecule has 0 aliphatic heterocycles. The van der Waals surface area contributed by atoms with Crippen molar-refractivity contribution in [1.29, 1.82) is 0 Å². The van der Waals surface area contributed by atoms with Gasteiger partial charge in [0.1, 0.15) is 5.01 Å². The Kier molecular flexibility index (Phi) is 7.00. The van der Waals surface area contributed by atoms with E-state index in [0.29, 0.717) is 13.0 Å². The smallest absolute Gasteiger partial charge is 0.315 e. The maximum atomic E-state index is 11.7. The van der Waals surface area contributed by atoms with E-state index in [0.717, 1.165) is 11.4 Å². The van der Waals surface area contributed by atoms with Crippen molar-refractivity contribution in [2.24, 2.45) is 5.92 Å². The number of hydrogen-bond donors (Lipinski definition) is 3. The first-order valence-corrected chi connectivity index (χ1v) is 7.52. The predicted molar refractivity (Wildman–Crippen MR) is 77.7 cm³/mol. The Labute approximate surface area is 122 Å². The molecule has 0 fully saturated rings. The highest BCUT2D eigenvalue weighted by Crippen LogP contribution is 2.14. The number of carboxylic acid groups (broad SMARTS) is 1. The number of carbonyl (C=O) groups is 2. The van der Waals surface area contributed by atoms with Gasteiger partial charge in [0, 0.05) is 24.5 Å². The molecule has 1 aromatic heterocycles. The number of nitrogens with zero attached hydrogens (tertiary/aromatic N) is 1. The summed E-state index contributed by atoms with van der Waals surface area (Å²) in [7, 11) is 0. The second kappa shape index (κ2) is 8.52. The molecular weight excluding hydrogens is 278 g/mol. The van der Waals surface area contributed by atoms with Gasteiger partial charge < -0.3 is 15.7 Å². The van der Waals surface area contributed by atoms with Gasteiger partial charge in [0.05, 0.1) is 6.04 Å². The lowest BCUT2D eigenvalue weighted by molar-refractivity contribution is -0.137. The van der Waals surface area contributed by atoms with Crippen LogP contribution in [-0.4, -0.2) is 28.6 Å². The van der Waals surface area contributed by atoms with Gasteiger partial charge in [-0.05, 0) is 25.7 Å². The number of carbonyl (C=O) groups excluding carboxylic acids is 1. The first kappa shape index (κ1) is 16.4. The van der Waals surface area contributed by atoms with E-state index in [1.54, 1.807) is 6.20 Å². The van der Waals surface area contributed by atoms with E-state index in [-0.39, 0.29) is 24.4 Å². The van der Waals surface area contributed by atoms with E-state index < -0.39 is 5.97 Å². The third kappa shape index (κ3) is 6.51. The third-order valence-electron chi connectivity index (χ3n) is 2.94. The molecule has 6 nitrogen and oxygen atoms in total. The number of urea groups is 1. The van der Waals surface area contributed by atoms with Crippen molar-refractivity contribution in [2.75, 3.05) is 6.54 Å². The second-order valence-electron chi connectivity index (χ2n) is 4.82. The van der Waals surface area contributed by atoms with Crippen molar-refractivity contribution >= 4 is 23.3 Å². The zero-order valence-corrected chi connectivity index (χ0v) is 12.6. The van der Waals surface area contributed by atoms with Crippen molar-refractivity contribution < 1.29 is 14.7 Å². The van der Waals surface area contributed by atoms with E-state index in [1.807, 2.05) is 19.2 Å². The molecular formula is C13H21N3O3S. The molecule has 112 valence electrons. The first-order chi connectivity index (χ1) is 9.49. The lowest BCUT2D eigenvalue weighted by atomic mass is 10.0. The number of amides is 2. The third-order valence-corrected chi connectivity index (χ3v) is 3.90. The molecule has 1 rings (SSSR count). The SMILES string of the molecule is CC(CCNC(=O)NC(C)c1nccs1)CCC(=O)O. The summed E-state index contributed by atoms with van der Waals surface area (Å²) in [5, 5.41) is 16.9. The Morgan fingerprint density at radius 1 is 1.40 bits per heavy atom. The van der Waals surface area contributed by atoms with Crippen LogP contribution in [0.3, 0.4) is 0 Å². The molecule has 0 radical (unpaired) electrons. The summed E-state index contributed by atoms with van der Waals surface area (Å²) in [6.45, 7) is 4.41. The molecule has 0 aliphatic carbocycles. The highest BCUT2D eigenvalue weighted by atomic mass is 32.1. The minimum Gasteiger partial charge on any atom is -0.481 e. The summed E-state index contributed by atoms with van der Waals surface area (Å²) in [6, 6.07) is -0.336. The van der Waals surface area contributed by atoms with E-state index in [9.17, 15) is 9.59 Å². The average Bonchev–Trinajstić information content (AvgIpc) is 2.90. The van der Waals surface area contributed by atoms with Crippen molar-refractivity contribution in [1.82, 2.24) is 15.6 Å². The molecule has 1 aromatic rings. The standard InChI is InChI=1S/C13H21N3O3S/c1-9(3-4-11(17)18)5-6-15-13(19)16-10(2)12-14-7-8-20-12/h7-10H,3-6H2,1-2H3,(H,17,18)(H2,15,16,19). The van der Waals surface area contributed by atoms with Crippen molar-refractivity contribution in [3.8, 4) is 0 Å². The number of aromatic nitrogens is 1. The Morgan fingerprint density at radius 3 is 2.75 bits per heavy atom. The van der Waals surface area contributed by atoms with Crippen molar-refractivity contribution in [3.63, 3.8) is 0 Å². The van der Waals surface area contributed by atoms with Crippen LogP contribution in [0.2, 0.25) is 0 Å². The van der Waals surface area contributed by atoms with Crippen LogP contribution in [0.5, 0.6) is 0 Å². The fourth-order valence-electron chi connectivity index (χ4n) is 1.70. The van der Waals surface area contributed by atoms with Crippen LogP contribution < -0.4 is 10.6 Å². The monoisotopic (exact) mass is 299 g/mol. The van der Waals surface area contributed by atoms with Gasteiger partial charge in [0.25, 0.3) is 0 Å². The zero-order valence-electron chi connectivity index (χ0n) is 11.8. The van der Waals surface area contributed by atoms with Crippen LogP contribution in [0.25, 0.3) is 0 Å². The van der Waals surface area contributed by atoms with Gasteiger partial charge >= 0.3 is 12.0 Å². The average molecular weight is 299 g/mol. The topological polar surface area (TPSA) is 91.3 Å². The number of rotatable bonds is 8. The molecule has 2 amide bonds. The van der Waals surface area contributed by atoms with Crippen LogP contribution in [0, 0.1) is 5.92 Å². The molecule has 0 spiro atoms. The highest BCUT2D eigenvalue weighted by Gasteiger charge is 2.11. The summed E-state index contributed by atoms with van der Waals surface area (Å²) >= 11 is 1.50. The van der Waals surface area contributed by atoms with E-state index in [2.05, 4.69) is 15.6 Å². The largest absolute Gasteiger partial charge is 0.481 e. The first-order valence-electron chi connectivity index (χ1n) is 6.64.